The number of nitrogens with one attached hydrogen (secondary N) is 1. The fraction of sp³-hybridized carbons (Fsp3) is 0.111. The summed E-state index contributed by atoms with van der Waals surface area (Å²) in [6, 6.07) is 26.8. The maximum atomic E-state index is 5.26. The molecule has 0 aliphatic carbocycles. The molecule has 0 unspecified atom stereocenters. The zero-order valence-electron chi connectivity index (χ0n) is 18.1. The summed E-state index contributed by atoms with van der Waals surface area (Å²) in [6.07, 6.45) is 3.79. The summed E-state index contributed by atoms with van der Waals surface area (Å²) in [5, 5.41) is 4.54. The molecule has 0 radical (unpaired) electrons. The number of fused-ring (bicyclic) bond motifs is 1. The summed E-state index contributed by atoms with van der Waals surface area (Å²) in [6.45, 7) is 2.77. The first-order valence-corrected chi connectivity index (χ1v) is 10.6. The van der Waals surface area contributed by atoms with Crippen molar-refractivity contribution in [3.63, 3.8) is 0 Å². The summed E-state index contributed by atoms with van der Waals surface area (Å²) in [5.74, 6) is 1.66. The number of para-hydroxylation sites is 1. The van der Waals surface area contributed by atoms with Crippen LogP contribution in [-0.2, 0) is 6.54 Å². The SMILES string of the molecule is COc1ccc(CNc2ncnc3c2c(-c2ccccc2)cn3-c2ccccc2C)cc1. The largest absolute Gasteiger partial charge is 0.497 e. The van der Waals surface area contributed by atoms with E-state index in [0.717, 1.165) is 45.0 Å². The van der Waals surface area contributed by atoms with E-state index in [1.807, 2.05) is 18.2 Å². The van der Waals surface area contributed by atoms with Crippen LogP contribution in [0.5, 0.6) is 5.75 Å². The highest BCUT2D eigenvalue weighted by molar-refractivity contribution is 6.02. The molecule has 0 saturated heterocycles. The standard InChI is InChI=1S/C27H24N4O/c1-19-8-6-7-11-24(19)31-17-23(21-9-4-3-5-10-21)25-26(29-18-30-27(25)31)28-16-20-12-14-22(32-2)15-13-20/h3-15,17-18H,16H2,1-2H3,(H,28,29,30). The van der Waals surface area contributed by atoms with Crippen LogP contribution in [0.15, 0.2) is 91.4 Å². The van der Waals surface area contributed by atoms with Crippen LogP contribution in [0.3, 0.4) is 0 Å². The van der Waals surface area contributed by atoms with Gasteiger partial charge in [-0.3, -0.25) is 0 Å². The molecule has 0 fully saturated rings. The van der Waals surface area contributed by atoms with Crippen molar-refractivity contribution in [1.29, 1.82) is 0 Å². The van der Waals surface area contributed by atoms with Crippen LogP contribution < -0.4 is 10.1 Å². The average molecular weight is 421 g/mol. The number of aryl methyl sites for hydroxylation is 1. The summed E-state index contributed by atoms with van der Waals surface area (Å²) in [5.41, 5.74) is 6.56. The molecule has 5 aromatic rings. The molecule has 5 heteroatoms. The number of methoxy groups -OCH3 is 1. The number of anilines is 1. The fourth-order valence-corrected chi connectivity index (χ4v) is 3.98. The molecule has 5 rings (SSSR count). The fourth-order valence-electron chi connectivity index (χ4n) is 3.98. The third-order valence-electron chi connectivity index (χ3n) is 5.66. The maximum absolute atomic E-state index is 5.26. The molecule has 32 heavy (non-hydrogen) atoms. The molecular weight excluding hydrogens is 396 g/mol. The Bertz CT molecular complexity index is 1360. The van der Waals surface area contributed by atoms with Gasteiger partial charge in [-0.2, -0.15) is 0 Å². The van der Waals surface area contributed by atoms with Crippen LogP contribution in [0.2, 0.25) is 0 Å². The molecule has 3 aromatic carbocycles. The minimum Gasteiger partial charge on any atom is -0.497 e. The van der Waals surface area contributed by atoms with Gasteiger partial charge < -0.3 is 14.6 Å². The Balaban J connectivity index is 1.63. The normalized spacial score (nSPS) is 10.9. The predicted octanol–water partition coefficient (Wildman–Crippen LogP) is 6.02. The molecule has 0 atom stereocenters. The third kappa shape index (κ3) is 3.69. The van der Waals surface area contributed by atoms with Crippen LogP contribution in [0.25, 0.3) is 27.8 Å². The highest BCUT2D eigenvalue weighted by Crippen LogP contribution is 2.36. The lowest BCUT2D eigenvalue weighted by Gasteiger charge is -2.10. The smallest absolute Gasteiger partial charge is 0.150 e. The van der Waals surface area contributed by atoms with Gasteiger partial charge in [0, 0.05) is 24.0 Å². The van der Waals surface area contributed by atoms with Gasteiger partial charge in [-0.15, -0.1) is 0 Å². The van der Waals surface area contributed by atoms with Gasteiger partial charge in [0.2, 0.25) is 0 Å². The second-order valence-corrected chi connectivity index (χ2v) is 7.69. The van der Waals surface area contributed by atoms with E-state index in [9.17, 15) is 0 Å². The van der Waals surface area contributed by atoms with Crippen LogP contribution in [-0.4, -0.2) is 21.6 Å². The Morgan fingerprint density at radius 2 is 1.62 bits per heavy atom. The van der Waals surface area contributed by atoms with Gasteiger partial charge in [0.05, 0.1) is 12.5 Å². The Kier molecular flexibility index (Phi) is 5.30. The van der Waals surface area contributed by atoms with Crippen molar-refractivity contribution >= 4 is 16.9 Å². The van der Waals surface area contributed by atoms with Crippen molar-refractivity contribution in [3.05, 3.63) is 103 Å². The van der Waals surface area contributed by atoms with E-state index in [4.69, 9.17) is 4.74 Å². The molecule has 0 aliphatic heterocycles. The van der Waals surface area contributed by atoms with Crippen molar-refractivity contribution in [2.45, 2.75) is 13.5 Å². The number of rotatable bonds is 6. The Labute approximate surface area is 187 Å². The predicted molar refractivity (Wildman–Crippen MR) is 129 cm³/mol. The molecule has 0 bridgehead atoms. The Morgan fingerprint density at radius 1 is 0.875 bits per heavy atom. The zero-order chi connectivity index (χ0) is 21.9. The number of benzene rings is 3. The first-order valence-electron chi connectivity index (χ1n) is 10.6. The second kappa shape index (κ2) is 8.55. The first kappa shape index (κ1) is 19.8. The van der Waals surface area contributed by atoms with Crippen LogP contribution in [0, 0.1) is 6.92 Å². The van der Waals surface area contributed by atoms with Crippen molar-refractivity contribution in [1.82, 2.24) is 14.5 Å². The minimum atomic E-state index is 0.653. The molecule has 1 N–H and O–H groups in total. The maximum Gasteiger partial charge on any atom is 0.150 e. The molecule has 0 aliphatic rings. The van der Waals surface area contributed by atoms with Crippen molar-refractivity contribution in [2.75, 3.05) is 12.4 Å². The molecule has 0 saturated carbocycles. The Morgan fingerprint density at radius 3 is 2.38 bits per heavy atom. The van der Waals surface area contributed by atoms with Crippen LogP contribution >= 0.6 is 0 Å². The number of nitrogens with zero attached hydrogens (tertiary/aromatic N) is 3. The number of hydrogen-bond acceptors (Lipinski definition) is 4. The van der Waals surface area contributed by atoms with Gasteiger partial charge >= 0.3 is 0 Å². The van der Waals surface area contributed by atoms with Gasteiger partial charge in [0.25, 0.3) is 0 Å². The molecule has 5 nitrogen and oxygen atoms in total. The lowest BCUT2D eigenvalue weighted by Crippen LogP contribution is -2.03. The van der Waals surface area contributed by atoms with Crippen LogP contribution in [0.1, 0.15) is 11.1 Å². The lowest BCUT2D eigenvalue weighted by molar-refractivity contribution is 0.414. The lowest BCUT2D eigenvalue weighted by atomic mass is 10.1. The Hall–Kier alpha value is -4.12. The molecule has 158 valence electrons. The summed E-state index contributed by atoms with van der Waals surface area (Å²) in [7, 11) is 1.68. The molecule has 2 heterocycles. The summed E-state index contributed by atoms with van der Waals surface area (Å²) < 4.78 is 7.42. The number of ether oxygens (including phenoxy) is 1. The van der Waals surface area contributed by atoms with Gasteiger partial charge in [0.1, 0.15) is 17.9 Å². The van der Waals surface area contributed by atoms with E-state index in [2.05, 4.69) is 93.6 Å². The van der Waals surface area contributed by atoms with E-state index in [1.165, 1.54) is 5.56 Å². The van der Waals surface area contributed by atoms with E-state index in [0.29, 0.717) is 6.54 Å². The molecule has 0 amide bonds. The zero-order valence-corrected chi connectivity index (χ0v) is 18.1. The highest BCUT2D eigenvalue weighted by atomic mass is 16.5. The second-order valence-electron chi connectivity index (χ2n) is 7.69. The summed E-state index contributed by atoms with van der Waals surface area (Å²) >= 11 is 0. The molecular formula is C27H24N4O. The number of hydrogen-bond donors (Lipinski definition) is 1. The highest BCUT2D eigenvalue weighted by Gasteiger charge is 2.18. The topological polar surface area (TPSA) is 52.0 Å². The van der Waals surface area contributed by atoms with Crippen LogP contribution in [0.4, 0.5) is 5.82 Å². The van der Waals surface area contributed by atoms with Gasteiger partial charge in [-0.25, -0.2) is 9.97 Å². The summed E-state index contributed by atoms with van der Waals surface area (Å²) in [4.78, 5) is 9.29. The van der Waals surface area contributed by atoms with E-state index in [-0.39, 0.29) is 0 Å². The van der Waals surface area contributed by atoms with E-state index in [1.54, 1.807) is 13.4 Å². The van der Waals surface area contributed by atoms with E-state index < -0.39 is 0 Å². The van der Waals surface area contributed by atoms with Crippen molar-refractivity contribution in [2.24, 2.45) is 0 Å². The minimum absolute atomic E-state index is 0.653. The first-order chi connectivity index (χ1) is 15.7. The van der Waals surface area contributed by atoms with Gasteiger partial charge in [0.15, 0.2) is 5.65 Å². The molecule has 2 aromatic heterocycles. The number of aromatic nitrogens is 3. The van der Waals surface area contributed by atoms with E-state index >= 15 is 0 Å². The monoisotopic (exact) mass is 420 g/mol. The van der Waals surface area contributed by atoms with Crippen molar-refractivity contribution < 1.29 is 4.74 Å². The van der Waals surface area contributed by atoms with Gasteiger partial charge in [-0.05, 0) is 41.8 Å². The van der Waals surface area contributed by atoms with Crippen molar-refractivity contribution in [3.8, 4) is 22.6 Å². The average Bonchev–Trinajstić information content (AvgIpc) is 3.24. The quantitative estimate of drug-likeness (QED) is 0.365. The third-order valence-corrected chi connectivity index (χ3v) is 5.66. The molecule has 0 spiro atoms. The van der Waals surface area contributed by atoms with Gasteiger partial charge in [-0.1, -0.05) is 60.7 Å².